The molecule has 0 spiro atoms. The summed E-state index contributed by atoms with van der Waals surface area (Å²) < 4.78 is 68.3. The van der Waals surface area contributed by atoms with Gasteiger partial charge in [-0.1, -0.05) is 280 Å². The van der Waals surface area contributed by atoms with Crippen LogP contribution in [0.2, 0.25) is 0 Å². The van der Waals surface area contributed by atoms with Crippen LogP contribution in [-0.2, 0) is 65.4 Å². The monoisotopic (exact) mass is 1390 g/mol. The highest BCUT2D eigenvalue weighted by Crippen LogP contribution is 2.45. The lowest BCUT2D eigenvalue weighted by Crippen LogP contribution is -2.30. The SMILES string of the molecule is CC/C=C\C/C=C\C/C=C\C/C=C\CCCCC(=O)OC(COC(=O)CCCCCCCC/C=C\C/C=C\C/C=C\CCCCC)COP(=O)(O)OCC(O)COP(=O)(O)OCC(COC(=O)CCCCCCCCCCCCC)OC(=O)CCCCCCCCCCCCC. The summed E-state index contributed by atoms with van der Waals surface area (Å²) in [5.41, 5.74) is 0. The molecule has 0 aliphatic rings. The van der Waals surface area contributed by atoms with Gasteiger partial charge in [0, 0.05) is 25.7 Å². The first-order valence-electron chi connectivity index (χ1n) is 37.8. The smallest absolute Gasteiger partial charge is 0.462 e. The van der Waals surface area contributed by atoms with Crippen molar-refractivity contribution in [3.63, 3.8) is 0 Å². The van der Waals surface area contributed by atoms with Gasteiger partial charge >= 0.3 is 39.5 Å². The molecule has 0 saturated carbocycles. The number of allylic oxidation sites excluding steroid dienone is 14. The average molecular weight is 1400 g/mol. The number of carbonyl (C=O) groups excluding carboxylic acids is 4. The van der Waals surface area contributed by atoms with Crippen LogP contribution >= 0.6 is 15.6 Å². The molecular weight excluding hydrogens is 1260 g/mol. The Bertz CT molecular complexity index is 2160. The van der Waals surface area contributed by atoms with Crippen molar-refractivity contribution in [2.24, 2.45) is 0 Å². The third kappa shape index (κ3) is 68.8. The minimum absolute atomic E-state index is 0.0408. The minimum atomic E-state index is -4.98. The molecule has 19 heteroatoms. The van der Waals surface area contributed by atoms with E-state index in [1.54, 1.807) is 0 Å². The second kappa shape index (κ2) is 69.7. The number of ether oxygens (including phenoxy) is 4. The minimum Gasteiger partial charge on any atom is -0.462 e. The van der Waals surface area contributed by atoms with Gasteiger partial charge in [0.2, 0.25) is 0 Å². The molecular formula is C77H136O17P2. The molecule has 0 amide bonds. The van der Waals surface area contributed by atoms with Crippen LogP contribution in [0.25, 0.3) is 0 Å². The first kappa shape index (κ1) is 92.2. The second-order valence-electron chi connectivity index (χ2n) is 25.2. The number of hydrogen-bond donors (Lipinski definition) is 3. The van der Waals surface area contributed by atoms with E-state index in [1.807, 2.05) is 0 Å². The van der Waals surface area contributed by atoms with E-state index < -0.39 is 97.5 Å². The third-order valence-corrected chi connectivity index (χ3v) is 17.8. The van der Waals surface area contributed by atoms with Gasteiger partial charge in [0.25, 0.3) is 0 Å². The number of esters is 4. The molecule has 0 aliphatic heterocycles. The molecule has 0 aromatic rings. The van der Waals surface area contributed by atoms with Crippen molar-refractivity contribution in [2.75, 3.05) is 39.6 Å². The fourth-order valence-corrected chi connectivity index (χ4v) is 11.7. The van der Waals surface area contributed by atoms with Gasteiger partial charge in [-0.3, -0.25) is 37.3 Å². The molecule has 0 bridgehead atoms. The average Bonchev–Trinajstić information content (AvgIpc) is 1.16. The normalized spacial score (nSPS) is 14.4. The van der Waals surface area contributed by atoms with Crippen molar-refractivity contribution in [2.45, 2.75) is 341 Å². The van der Waals surface area contributed by atoms with Crippen molar-refractivity contribution in [1.82, 2.24) is 0 Å². The zero-order chi connectivity index (χ0) is 70.4. The molecule has 0 heterocycles. The topological polar surface area (TPSA) is 237 Å². The summed E-state index contributed by atoms with van der Waals surface area (Å²) in [6.07, 6.45) is 70.1. The molecule has 17 nitrogen and oxygen atoms in total. The molecule has 0 aromatic carbocycles. The number of unbranched alkanes of at least 4 members (excludes halogenated alkanes) is 31. The van der Waals surface area contributed by atoms with E-state index in [1.165, 1.54) is 103 Å². The fraction of sp³-hybridized carbons (Fsp3) is 0.766. The number of phosphoric acid groups is 2. The van der Waals surface area contributed by atoms with Gasteiger partial charge in [0.1, 0.15) is 19.3 Å². The highest BCUT2D eigenvalue weighted by Gasteiger charge is 2.30. The Morgan fingerprint density at radius 2 is 0.542 bits per heavy atom. The highest BCUT2D eigenvalue weighted by atomic mass is 31.2. The van der Waals surface area contributed by atoms with E-state index in [4.69, 9.17) is 37.0 Å². The standard InChI is InChI=1S/C77H136O17P2/c1-5-9-13-17-21-25-29-31-33-34-35-36-38-39-43-46-50-54-58-62-75(80)88-68-73(94-77(82)64-60-56-52-48-44-40-37-32-30-26-22-18-14-10-6-2)70-92-96(85,86)90-66-71(78)65-89-95(83,84)91-69-72(93-76(81)63-59-55-51-47-42-28-24-20-16-12-8-4)67-87-74(79)61-57-53-49-45-41-27-23-19-15-11-7-3/h10,14,21-22,25-26,31-33,35-37,44,48,71-73,78H,5-9,11-13,15-20,23-24,27-30,34,38-43,45-47,49-70H2,1-4H3,(H,83,84)(H,85,86)/b14-10-,25-21-,26-22-,33-31-,36-35-,37-32-,48-44-. The van der Waals surface area contributed by atoms with Gasteiger partial charge < -0.3 is 33.8 Å². The second-order valence-corrected chi connectivity index (χ2v) is 28.1. The summed E-state index contributed by atoms with van der Waals surface area (Å²) in [5.74, 6) is -2.22. The van der Waals surface area contributed by atoms with Gasteiger partial charge in [-0.05, 0) is 103 Å². The van der Waals surface area contributed by atoms with Crippen LogP contribution in [-0.4, -0.2) is 96.7 Å². The Labute approximate surface area is 583 Å². The fourth-order valence-electron chi connectivity index (χ4n) is 10.1. The first-order chi connectivity index (χ1) is 46.7. The highest BCUT2D eigenvalue weighted by molar-refractivity contribution is 7.47. The summed E-state index contributed by atoms with van der Waals surface area (Å²) in [4.78, 5) is 72.7. The molecule has 0 saturated heterocycles. The van der Waals surface area contributed by atoms with Crippen LogP contribution < -0.4 is 0 Å². The number of phosphoric ester groups is 2. The van der Waals surface area contributed by atoms with Gasteiger partial charge in [0.05, 0.1) is 26.4 Å². The molecule has 0 rings (SSSR count). The molecule has 0 fully saturated rings. The van der Waals surface area contributed by atoms with E-state index in [0.29, 0.717) is 32.1 Å². The van der Waals surface area contributed by atoms with Crippen molar-refractivity contribution in [3.8, 4) is 0 Å². The van der Waals surface area contributed by atoms with Crippen LogP contribution in [0.15, 0.2) is 85.1 Å². The van der Waals surface area contributed by atoms with Crippen LogP contribution in [0.5, 0.6) is 0 Å². The molecule has 96 heavy (non-hydrogen) atoms. The van der Waals surface area contributed by atoms with Gasteiger partial charge in [0.15, 0.2) is 12.2 Å². The molecule has 5 unspecified atom stereocenters. The van der Waals surface area contributed by atoms with Gasteiger partial charge in [-0.2, -0.15) is 0 Å². The van der Waals surface area contributed by atoms with Crippen molar-refractivity contribution in [1.29, 1.82) is 0 Å². The summed E-state index contributed by atoms with van der Waals surface area (Å²) in [5, 5.41) is 10.6. The predicted molar refractivity (Wildman–Crippen MR) is 390 cm³/mol. The zero-order valence-corrected chi connectivity index (χ0v) is 62.3. The maximum Gasteiger partial charge on any atom is 0.472 e. The Balaban J connectivity index is 5.34. The van der Waals surface area contributed by atoms with E-state index in [-0.39, 0.29) is 25.7 Å². The quantitative estimate of drug-likeness (QED) is 0.0169. The molecule has 556 valence electrons. The van der Waals surface area contributed by atoms with Gasteiger partial charge in [-0.15, -0.1) is 0 Å². The molecule has 0 radical (unpaired) electrons. The maximum absolute atomic E-state index is 13.1. The Morgan fingerprint density at radius 3 is 0.875 bits per heavy atom. The number of hydrogen-bond acceptors (Lipinski definition) is 15. The largest absolute Gasteiger partial charge is 0.472 e. The summed E-state index contributed by atoms with van der Waals surface area (Å²) in [6.45, 7) is 4.68. The van der Waals surface area contributed by atoms with E-state index >= 15 is 0 Å². The van der Waals surface area contributed by atoms with Gasteiger partial charge in [-0.25, -0.2) is 9.13 Å². The van der Waals surface area contributed by atoms with Crippen molar-refractivity contribution < 1.29 is 80.2 Å². The van der Waals surface area contributed by atoms with Crippen LogP contribution in [0.1, 0.15) is 323 Å². The number of carbonyl (C=O) groups is 4. The number of rotatable bonds is 71. The summed E-state index contributed by atoms with van der Waals surface area (Å²) in [7, 11) is -9.95. The lowest BCUT2D eigenvalue weighted by Gasteiger charge is -2.21. The summed E-state index contributed by atoms with van der Waals surface area (Å²) >= 11 is 0. The lowest BCUT2D eigenvalue weighted by atomic mass is 10.1. The van der Waals surface area contributed by atoms with Crippen molar-refractivity contribution in [3.05, 3.63) is 85.1 Å². The lowest BCUT2D eigenvalue weighted by molar-refractivity contribution is -0.161. The molecule has 5 atom stereocenters. The van der Waals surface area contributed by atoms with Crippen LogP contribution in [0.3, 0.4) is 0 Å². The Morgan fingerprint density at radius 1 is 0.302 bits per heavy atom. The predicted octanol–water partition coefficient (Wildman–Crippen LogP) is 21.4. The maximum atomic E-state index is 13.1. The number of aliphatic hydroxyl groups excluding tert-OH is 1. The zero-order valence-electron chi connectivity index (χ0n) is 60.5. The van der Waals surface area contributed by atoms with Crippen molar-refractivity contribution >= 4 is 39.5 Å². The van der Waals surface area contributed by atoms with Crippen LogP contribution in [0.4, 0.5) is 0 Å². The molecule has 0 aliphatic carbocycles. The van der Waals surface area contributed by atoms with E-state index in [0.717, 1.165) is 135 Å². The molecule has 3 N–H and O–H groups in total. The molecule has 0 aromatic heterocycles. The third-order valence-electron chi connectivity index (χ3n) is 15.9. The first-order valence-corrected chi connectivity index (χ1v) is 40.8. The van der Waals surface area contributed by atoms with E-state index in [2.05, 4.69) is 113 Å². The van der Waals surface area contributed by atoms with Crippen LogP contribution in [0, 0.1) is 0 Å². The Hall–Kier alpha value is -3.76. The number of aliphatic hydroxyl groups is 1. The van der Waals surface area contributed by atoms with E-state index in [9.17, 15) is 43.2 Å². The Kier molecular flexibility index (Phi) is 67.0. The summed E-state index contributed by atoms with van der Waals surface area (Å²) in [6, 6.07) is 0.